The number of nitrogens with zero attached hydrogens (tertiary/aromatic N) is 3. The van der Waals surface area contributed by atoms with Crippen molar-refractivity contribution in [3.8, 4) is 6.19 Å². The molecule has 5 aliphatic rings. The molecule has 6 rings (SSSR count). The van der Waals surface area contributed by atoms with Gasteiger partial charge in [0.2, 0.25) is 6.19 Å². The monoisotopic (exact) mass is 383 g/mol. The lowest BCUT2D eigenvalue weighted by atomic mass is 9.42. The van der Waals surface area contributed by atoms with Crippen molar-refractivity contribution in [2.45, 2.75) is 49.7 Å². The summed E-state index contributed by atoms with van der Waals surface area (Å²) in [7, 11) is 0. The minimum atomic E-state index is -0.362. The molecule has 1 aliphatic heterocycles. The summed E-state index contributed by atoms with van der Waals surface area (Å²) in [6.45, 7) is 1.03. The Balaban J connectivity index is 1.56. The van der Waals surface area contributed by atoms with Gasteiger partial charge in [-0.1, -0.05) is 12.1 Å². The lowest BCUT2D eigenvalue weighted by Crippen LogP contribution is -2.62. The van der Waals surface area contributed by atoms with Crippen LogP contribution in [-0.2, 0) is 5.41 Å². The molecule has 0 unspecified atom stereocenters. The number of aliphatic hydroxyl groups is 2. The third-order valence-corrected chi connectivity index (χ3v) is 8.01. The first-order valence-corrected chi connectivity index (χ1v) is 10.3. The van der Waals surface area contributed by atoms with Crippen molar-refractivity contribution in [1.29, 1.82) is 5.26 Å². The highest BCUT2D eigenvalue weighted by Gasteiger charge is 2.61. The molecule has 1 heterocycles. The number of hydrogen-bond donors (Lipinski definition) is 2. The van der Waals surface area contributed by atoms with Gasteiger partial charge in [0.1, 0.15) is 11.7 Å². The topological polar surface area (TPSA) is 79.8 Å². The van der Waals surface area contributed by atoms with Crippen LogP contribution in [0.1, 0.15) is 37.7 Å². The zero-order valence-corrected chi connectivity index (χ0v) is 15.8. The molecule has 0 aromatic heterocycles. The van der Waals surface area contributed by atoms with Gasteiger partial charge in [-0.2, -0.15) is 10.3 Å². The summed E-state index contributed by atoms with van der Waals surface area (Å²) < 4.78 is 13.7. The standard InChI is InChI=1S/C22H26FN3O2/c23-18-3-1-15(2-4-18)22(9-20(25-12-24)26-10-19(27)11-26)16-5-13-6-17(22)8-14(7-16)21(13)28/h1-4,13-14,16-17,19,21,27-28H,5-11H2. The first-order valence-electron chi connectivity index (χ1n) is 10.3. The fourth-order valence-corrected chi connectivity index (χ4v) is 6.79. The van der Waals surface area contributed by atoms with Gasteiger partial charge in [0.15, 0.2) is 0 Å². The van der Waals surface area contributed by atoms with Crippen molar-refractivity contribution < 1.29 is 14.6 Å². The van der Waals surface area contributed by atoms with Crippen molar-refractivity contribution in [3.05, 3.63) is 35.6 Å². The molecule has 5 nitrogen and oxygen atoms in total. The fourth-order valence-electron chi connectivity index (χ4n) is 6.79. The third kappa shape index (κ3) is 2.60. The Bertz CT molecular complexity index is 795. The SMILES string of the molecule is N#CN=C(CC1(c2ccc(F)cc2)C2CC3CC1CC(C2)C3O)N1CC(O)C1. The average Bonchev–Trinajstić information content (AvgIpc) is 2.64. The molecule has 2 N–H and O–H groups in total. The number of halogens is 1. The first-order chi connectivity index (χ1) is 13.5. The van der Waals surface area contributed by atoms with Gasteiger partial charge in [-0.15, -0.1) is 0 Å². The smallest absolute Gasteiger partial charge is 0.207 e. The molecular formula is C22H26FN3O2. The second kappa shape index (κ2) is 6.53. The Labute approximate surface area is 164 Å². The summed E-state index contributed by atoms with van der Waals surface area (Å²) in [4.78, 5) is 6.15. The molecule has 28 heavy (non-hydrogen) atoms. The maximum Gasteiger partial charge on any atom is 0.207 e. The summed E-state index contributed by atoms with van der Waals surface area (Å²) in [6.07, 6.45) is 5.97. The number of rotatable bonds is 3. The Morgan fingerprint density at radius 1 is 1.11 bits per heavy atom. The van der Waals surface area contributed by atoms with Gasteiger partial charge in [0.05, 0.1) is 12.2 Å². The van der Waals surface area contributed by atoms with Crippen LogP contribution in [0.2, 0.25) is 0 Å². The molecule has 1 saturated heterocycles. The molecular weight excluding hydrogens is 357 g/mol. The summed E-state index contributed by atoms with van der Waals surface area (Å²) >= 11 is 0. The minimum absolute atomic E-state index is 0.183. The summed E-state index contributed by atoms with van der Waals surface area (Å²) in [6, 6.07) is 6.88. The highest BCUT2D eigenvalue weighted by molar-refractivity contribution is 5.85. The number of benzene rings is 1. The molecule has 4 aliphatic carbocycles. The zero-order chi connectivity index (χ0) is 19.5. The fraction of sp³-hybridized carbons (Fsp3) is 0.636. The van der Waals surface area contributed by atoms with E-state index in [1.54, 1.807) is 0 Å². The summed E-state index contributed by atoms with van der Waals surface area (Å²) in [5.41, 5.74) is 0.945. The zero-order valence-electron chi connectivity index (χ0n) is 15.8. The Morgan fingerprint density at radius 2 is 1.68 bits per heavy atom. The summed E-state index contributed by atoms with van der Waals surface area (Å²) in [5, 5.41) is 29.6. The number of aliphatic hydroxyl groups excluding tert-OH is 2. The van der Waals surface area contributed by atoms with E-state index in [4.69, 9.17) is 0 Å². The highest BCUT2D eigenvalue weighted by atomic mass is 19.1. The molecule has 0 amide bonds. The molecule has 4 bridgehead atoms. The van der Waals surface area contributed by atoms with Crippen molar-refractivity contribution in [2.24, 2.45) is 28.7 Å². The Kier molecular flexibility index (Phi) is 4.22. The van der Waals surface area contributed by atoms with Crippen molar-refractivity contribution in [3.63, 3.8) is 0 Å². The molecule has 1 aromatic rings. The largest absolute Gasteiger partial charge is 0.393 e. The van der Waals surface area contributed by atoms with Gasteiger partial charge < -0.3 is 15.1 Å². The van der Waals surface area contributed by atoms with Crippen molar-refractivity contribution in [2.75, 3.05) is 13.1 Å². The van der Waals surface area contributed by atoms with E-state index in [1.807, 2.05) is 23.2 Å². The lowest BCUT2D eigenvalue weighted by molar-refractivity contribution is -0.135. The Morgan fingerprint density at radius 3 is 2.18 bits per heavy atom. The second-order valence-electron chi connectivity index (χ2n) is 9.26. The molecule has 4 saturated carbocycles. The van der Waals surface area contributed by atoms with Crippen LogP contribution in [0.3, 0.4) is 0 Å². The molecule has 5 fully saturated rings. The molecule has 0 spiro atoms. The van der Waals surface area contributed by atoms with E-state index in [2.05, 4.69) is 4.99 Å². The number of hydrogen-bond acceptors (Lipinski definition) is 4. The normalized spacial score (nSPS) is 39.7. The van der Waals surface area contributed by atoms with Crippen LogP contribution in [0.5, 0.6) is 0 Å². The van der Waals surface area contributed by atoms with E-state index >= 15 is 0 Å². The van der Waals surface area contributed by atoms with Gasteiger partial charge in [-0.3, -0.25) is 0 Å². The van der Waals surface area contributed by atoms with E-state index in [9.17, 15) is 19.9 Å². The molecule has 6 heteroatoms. The maximum absolute atomic E-state index is 13.7. The van der Waals surface area contributed by atoms with Crippen LogP contribution in [0, 0.1) is 40.9 Å². The minimum Gasteiger partial charge on any atom is -0.393 e. The van der Waals surface area contributed by atoms with Gasteiger partial charge in [0.25, 0.3) is 0 Å². The van der Waals surface area contributed by atoms with E-state index in [1.165, 1.54) is 12.1 Å². The Hall–Kier alpha value is -1.97. The number of likely N-dealkylation sites (tertiary alicyclic amines) is 1. The lowest BCUT2D eigenvalue weighted by Gasteiger charge is -2.63. The van der Waals surface area contributed by atoms with Crippen LogP contribution in [0.15, 0.2) is 29.3 Å². The van der Waals surface area contributed by atoms with E-state index in [0.29, 0.717) is 43.2 Å². The average molecular weight is 383 g/mol. The quantitative estimate of drug-likeness (QED) is 0.477. The van der Waals surface area contributed by atoms with Crippen LogP contribution in [0.4, 0.5) is 4.39 Å². The molecule has 0 atom stereocenters. The molecule has 148 valence electrons. The first kappa shape index (κ1) is 18.1. The van der Waals surface area contributed by atoms with Gasteiger partial charge in [-0.25, -0.2) is 4.39 Å². The van der Waals surface area contributed by atoms with Gasteiger partial charge >= 0.3 is 0 Å². The second-order valence-corrected chi connectivity index (χ2v) is 9.26. The third-order valence-electron chi connectivity index (χ3n) is 8.01. The van der Waals surface area contributed by atoms with Gasteiger partial charge in [0, 0.05) is 24.9 Å². The van der Waals surface area contributed by atoms with E-state index in [-0.39, 0.29) is 23.4 Å². The van der Waals surface area contributed by atoms with Crippen molar-refractivity contribution in [1.82, 2.24) is 4.90 Å². The van der Waals surface area contributed by atoms with E-state index in [0.717, 1.165) is 37.1 Å². The highest BCUT2D eigenvalue weighted by Crippen LogP contribution is 2.64. The molecule has 0 radical (unpaired) electrons. The van der Waals surface area contributed by atoms with Crippen LogP contribution < -0.4 is 0 Å². The van der Waals surface area contributed by atoms with Gasteiger partial charge in [-0.05, 0) is 67.1 Å². The number of nitriles is 1. The maximum atomic E-state index is 13.7. The van der Waals surface area contributed by atoms with Crippen LogP contribution >= 0.6 is 0 Å². The van der Waals surface area contributed by atoms with Crippen molar-refractivity contribution >= 4 is 5.84 Å². The number of amidine groups is 1. The predicted octanol–water partition coefficient (Wildman–Crippen LogP) is 2.44. The number of β-amino-alcohol motifs (C(OH)–C–C–N with tert-alkyl or cyclic N) is 1. The molecule has 1 aromatic carbocycles. The van der Waals surface area contributed by atoms with Crippen LogP contribution in [-0.4, -0.2) is 46.2 Å². The number of aliphatic imine (C=N–C) groups is 1. The van der Waals surface area contributed by atoms with E-state index < -0.39 is 0 Å². The summed E-state index contributed by atoms with van der Waals surface area (Å²) in [5.74, 6) is 2.02. The van der Waals surface area contributed by atoms with Crippen LogP contribution in [0.25, 0.3) is 0 Å². The predicted molar refractivity (Wildman–Crippen MR) is 102 cm³/mol.